The second-order valence-electron chi connectivity index (χ2n) is 6.78. The van der Waals surface area contributed by atoms with Gasteiger partial charge in [-0.1, -0.05) is 24.3 Å². The molecule has 29 heavy (non-hydrogen) atoms. The van der Waals surface area contributed by atoms with Gasteiger partial charge in [0, 0.05) is 0 Å². The Balaban J connectivity index is 1.88. The summed E-state index contributed by atoms with van der Waals surface area (Å²) < 4.78 is 16.7. The quantitative estimate of drug-likeness (QED) is 0.342. The molecule has 1 aliphatic heterocycles. The van der Waals surface area contributed by atoms with Crippen LogP contribution >= 0.6 is 0 Å². The predicted molar refractivity (Wildman–Crippen MR) is 106 cm³/mol. The van der Waals surface area contributed by atoms with Gasteiger partial charge < -0.3 is 24.1 Å². The number of methoxy groups -OCH3 is 1. The van der Waals surface area contributed by atoms with E-state index in [2.05, 4.69) is 0 Å². The maximum atomic E-state index is 13.0. The van der Waals surface area contributed by atoms with Crippen LogP contribution in [0.1, 0.15) is 22.6 Å². The first kappa shape index (κ1) is 17.2. The molecule has 0 amide bonds. The van der Waals surface area contributed by atoms with Gasteiger partial charge in [0.15, 0.2) is 11.5 Å². The van der Waals surface area contributed by atoms with E-state index in [0.717, 1.165) is 5.56 Å². The molecule has 3 aromatic carbocycles. The lowest BCUT2D eigenvalue weighted by molar-refractivity contribution is 0.380. The van der Waals surface area contributed by atoms with E-state index in [0.29, 0.717) is 28.0 Å². The highest BCUT2D eigenvalue weighted by Gasteiger charge is 2.37. The molecule has 0 saturated heterocycles. The second-order valence-corrected chi connectivity index (χ2v) is 6.78. The van der Waals surface area contributed by atoms with Crippen molar-refractivity contribution >= 4 is 11.0 Å². The smallest absolute Gasteiger partial charge is 0.344 e. The van der Waals surface area contributed by atoms with Crippen LogP contribution in [0.3, 0.4) is 0 Å². The normalized spacial score (nSPS) is 14.7. The van der Waals surface area contributed by atoms with Crippen molar-refractivity contribution in [2.75, 3.05) is 7.11 Å². The zero-order chi connectivity index (χ0) is 20.1. The highest BCUT2D eigenvalue weighted by atomic mass is 16.5. The summed E-state index contributed by atoms with van der Waals surface area (Å²) in [6, 6.07) is 16.9. The summed E-state index contributed by atoms with van der Waals surface area (Å²) in [5.74, 6) is 0.191. The average Bonchev–Trinajstić information content (AvgIpc) is 2.75. The molecule has 0 aliphatic carbocycles. The lowest BCUT2D eigenvalue weighted by atomic mass is 9.82. The Morgan fingerprint density at radius 1 is 0.862 bits per heavy atom. The highest BCUT2D eigenvalue weighted by Crippen LogP contribution is 2.54. The van der Waals surface area contributed by atoms with E-state index in [1.54, 1.807) is 49.6 Å². The fraction of sp³-hybridized carbons (Fsp3) is 0.0870. The van der Waals surface area contributed by atoms with Crippen LogP contribution in [0.5, 0.6) is 28.7 Å². The van der Waals surface area contributed by atoms with Crippen LogP contribution in [0.2, 0.25) is 0 Å². The van der Waals surface area contributed by atoms with Crippen LogP contribution in [0.15, 0.2) is 69.9 Å². The van der Waals surface area contributed by atoms with Gasteiger partial charge in [0.25, 0.3) is 0 Å². The van der Waals surface area contributed by atoms with Crippen molar-refractivity contribution < 1.29 is 24.1 Å². The number of fused-ring (bicyclic) bond motifs is 4. The minimum Gasteiger partial charge on any atom is -0.507 e. The molecule has 1 atom stereocenters. The summed E-state index contributed by atoms with van der Waals surface area (Å²) in [4.78, 5) is 13.0. The summed E-state index contributed by atoms with van der Waals surface area (Å²) in [7, 11) is 1.57. The van der Waals surface area contributed by atoms with E-state index in [1.165, 1.54) is 12.1 Å². The van der Waals surface area contributed by atoms with E-state index >= 15 is 0 Å². The van der Waals surface area contributed by atoms with Crippen LogP contribution < -0.4 is 15.1 Å². The summed E-state index contributed by atoms with van der Waals surface area (Å²) in [5, 5.41) is 21.6. The predicted octanol–water partition coefficient (Wildman–Crippen LogP) is 4.50. The fourth-order valence-corrected chi connectivity index (χ4v) is 3.83. The molecule has 0 spiro atoms. The third-order valence-electron chi connectivity index (χ3n) is 5.18. The number of hydrogen-bond acceptors (Lipinski definition) is 6. The zero-order valence-electron chi connectivity index (χ0n) is 15.4. The minimum atomic E-state index is -0.687. The lowest BCUT2D eigenvalue weighted by Crippen LogP contribution is -2.20. The van der Waals surface area contributed by atoms with Crippen LogP contribution in [0, 0.1) is 0 Å². The summed E-state index contributed by atoms with van der Waals surface area (Å²) in [5.41, 5.74) is 1.12. The zero-order valence-corrected chi connectivity index (χ0v) is 15.4. The third kappa shape index (κ3) is 2.53. The van der Waals surface area contributed by atoms with E-state index < -0.39 is 11.5 Å². The van der Waals surface area contributed by atoms with E-state index in [-0.39, 0.29) is 22.8 Å². The summed E-state index contributed by atoms with van der Waals surface area (Å²) in [6.07, 6.45) is 0. The van der Waals surface area contributed by atoms with E-state index in [1.807, 2.05) is 6.07 Å². The number of benzene rings is 3. The number of hydrogen-bond donors (Lipinski definition) is 2. The van der Waals surface area contributed by atoms with E-state index in [9.17, 15) is 15.0 Å². The molecule has 0 bridgehead atoms. The SMILES string of the molecule is COc1ccc(C2c3c(O)ccc(O)c3Oc3c2c(=O)oc2ccccc32)cc1. The van der Waals surface area contributed by atoms with Crippen molar-refractivity contribution in [3.63, 3.8) is 0 Å². The van der Waals surface area contributed by atoms with Gasteiger partial charge in [-0.15, -0.1) is 0 Å². The third-order valence-corrected chi connectivity index (χ3v) is 5.18. The maximum absolute atomic E-state index is 13.0. The Morgan fingerprint density at radius 3 is 2.34 bits per heavy atom. The van der Waals surface area contributed by atoms with Crippen molar-refractivity contribution in [3.8, 4) is 28.7 Å². The monoisotopic (exact) mass is 388 g/mol. The number of ether oxygens (including phenoxy) is 2. The Kier molecular flexibility index (Phi) is 3.74. The Labute approximate surface area is 165 Å². The molecule has 144 valence electrons. The van der Waals surface area contributed by atoms with Crippen molar-refractivity contribution in [2.45, 2.75) is 5.92 Å². The number of phenolic OH excluding ortho intramolecular Hbond substituents is 2. The molecule has 1 aliphatic rings. The standard InChI is InChI=1S/C23H16O6/c1-27-13-8-6-12(7-9-13)18-19-15(24)10-11-16(25)22(19)29-21-14-4-2-3-5-17(14)28-23(26)20(18)21/h2-11,18,24-25H,1H3. The minimum absolute atomic E-state index is 0.0863. The number of phenols is 2. The van der Waals surface area contributed by atoms with Crippen LogP contribution in [-0.2, 0) is 0 Å². The molecule has 0 saturated carbocycles. The lowest BCUT2D eigenvalue weighted by Gasteiger charge is -2.29. The molecular weight excluding hydrogens is 372 g/mol. The summed E-state index contributed by atoms with van der Waals surface area (Å²) >= 11 is 0. The van der Waals surface area contributed by atoms with Crippen molar-refractivity contribution in [1.29, 1.82) is 0 Å². The van der Waals surface area contributed by atoms with Gasteiger partial charge in [-0.05, 0) is 42.0 Å². The van der Waals surface area contributed by atoms with Crippen LogP contribution in [0.25, 0.3) is 11.0 Å². The number of para-hydroxylation sites is 1. The van der Waals surface area contributed by atoms with Gasteiger partial charge in [-0.25, -0.2) is 4.79 Å². The van der Waals surface area contributed by atoms with Gasteiger partial charge in [0.1, 0.15) is 22.8 Å². The molecule has 1 aromatic heterocycles. The fourth-order valence-electron chi connectivity index (χ4n) is 3.83. The second kappa shape index (κ2) is 6.31. The topological polar surface area (TPSA) is 89.1 Å². The largest absolute Gasteiger partial charge is 0.507 e. The number of aromatic hydroxyl groups is 2. The first-order valence-electron chi connectivity index (χ1n) is 9.01. The van der Waals surface area contributed by atoms with Crippen LogP contribution in [-0.4, -0.2) is 17.3 Å². The Hall–Kier alpha value is -3.93. The molecular formula is C23H16O6. The van der Waals surface area contributed by atoms with Crippen molar-refractivity contribution in [1.82, 2.24) is 0 Å². The summed E-state index contributed by atoms with van der Waals surface area (Å²) in [6.45, 7) is 0. The molecule has 2 heterocycles. The van der Waals surface area contributed by atoms with Crippen molar-refractivity contribution in [3.05, 3.63) is 87.8 Å². The molecule has 4 aromatic rings. The average molecular weight is 388 g/mol. The maximum Gasteiger partial charge on any atom is 0.344 e. The first-order chi connectivity index (χ1) is 14.1. The molecule has 0 radical (unpaired) electrons. The van der Waals surface area contributed by atoms with Gasteiger partial charge in [-0.2, -0.15) is 0 Å². The van der Waals surface area contributed by atoms with Crippen LogP contribution in [0.4, 0.5) is 0 Å². The van der Waals surface area contributed by atoms with Crippen molar-refractivity contribution in [2.24, 2.45) is 0 Å². The molecule has 6 nitrogen and oxygen atoms in total. The number of rotatable bonds is 2. The van der Waals surface area contributed by atoms with E-state index in [4.69, 9.17) is 13.9 Å². The van der Waals surface area contributed by atoms with Gasteiger partial charge >= 0.3 is 5.63 Å². The highest BCUT2D eigenvalue weighted by molar-refractivity contribution is 5.87. The molecule has 1 unspecified atom stereocenters. The first-order valence-corrected chi connectivity index (χ1v) is 9.01. The molecule has 6 heteroatoms. The van der Waals surface area contributed by atoms with Gasteiger partial charge in [0.05, 0.1) is 29.5 Å². The Bertz CT molecular complexity index is 1300. The van der Waals surface area contributed by atoms with Gasteiger partial charge in [-0.3, -0.25) is 0 Å². The molecule has 2 N–H and O–H groups in total. The Morgan fingerprint density at radius 2 is 1.59 bits per heavy atom. The molecule has 5 rings (SSSR count). The van der Waals surface area contributed by atoms with Gasteiger partial charge in [0.2, 0.25) is 0 Å². The molecule has 0 fully saturated rings.